The predicted molar refractivity (Wildman–Crippen MR) is 130 cm³/mol. The summed E-state index contributed by atoms with van der Waals surface area (Å²) in [4.78, 5) is 19.0. The standard InChI is InChI=1S/C24H28N2O4S2/c1-2-3-14-30-20-11-7-10-19(15-20)26-21-16-32(28,29)17-22(21)31-24(26)25-23(27)13-12-18-8-5-4-6-9-18/h4-11,15,21-22H,2-3,12-14,16-17H2,1H3/t21-,22+/m1/s1. The third-order valence-corrected chi connectivity index (χ3v) is 8.83. The first kappa shape index (κ1) is 22.9. The van der Waals surface area contributed by atoms with Crippen LogP contribution in [-0.2, 0) is 21.1 Å². The summed E-state index contributed by atoms with van der Waals surface area (Å²) in [6.45, 7) is 2.74. The van der Waals surface area contributed by atoms with Gasteiger partial charge in [0.15, 0.2) is 15.0 Å². The van der Waals surface area contributed by atoms with Crippen LogP contribution in [0.2, 0.25) is 0 Å². The van der Waals surface area contributed by atoms with Crippen LogP contribution in [0.4, 0.5) is 5.69 Å². The number of sulfone groups is 1. The second-order valence-electron chi connectivity index (χ2n) is 8.14. The van der Waals surface area contributed by atoms with Crippen LogP contribution in [0.5, 0.6) is 5.75 Å². The highest BCUT2D eigenvalue weighted by atomic mass is 32.2. The maximum Gasteiger partial charge on any atom is 0.248 e. The Bertz CT molecular complexity index is 1090. The molecule has 0 unspecified atom stereocenters. The Kier molecular flexibility index (Phi) is 7.20. The second-order valence-corrected chi connectivity index (χ2v) is 11.5. The van der Waals surface area contributed by atoms with Crippen molar-refractivity contribution >= 4 is 38.4 Å². The van der Waals surface area contributed by atoms with Gasteiger partial charge in [-0.25, -0.2) is 8.42 Å². The molecular formula is C24H28N2O4S2. The normalized spacial score (nSPS) is 22.8. The third-order valence-electron chi connectivity index (χ3n) is 5.62. The van der Waals surface area contributed by atoms with E-state index in [1.165, 1.54) is 11.8 Å². The Labute approximate surface area is 194 Å². The van der Waals surface area contributed by atoms with Gasteiger partial charge in [0.2, 0.25) is 5.91 Å². The van der Waals surface area contributed by atoms with Crippen molar-refractivity contribution in [1.29, 1.82) is 0 Å². The van der Waals surface area contributed by atoms with Crippen molar-refractivity contribution in [1.82, 2.24) is 0 Å². The van der Waals surface area contributed by atoms with Gasteiger partial charge < -0.3 is 9.64 Å². The van der Waals surface area contributed by atoms with Crippen molar-refractivity contribution in [3.8, 4) is 5.75 Å². The molecular weight excluding hydrogens is 444 g/mol. The fourth-order valence-electron chi connectivity index (χ4n) is 3.98. The van der Waals surface area contributed by atoms with Crippen LogP contribution in [0.1, 0.15) is 31.7 Å². The molecule has 6 nitrogen and oxygen atoms in total. The molecule has 2 heterocycles. The van der Waals surface area contributed by atoms with E-state index in [1.54, 1.807) is 0 Å². The number of hydrogen-bond donors (Lipinski definition) is 0. The monoisotopic (exact) mass is 472 g/mol. The fourth-order valence-corrected chi connectivity index (χ4v) is 7.91. The second kappa shape index (κ2) is 10.1. The van der Waals surface area contributed by atoms with Gasteiger partial charge in [-0.2, -0.15) is 4.99 Å². The molecule has 0 N–H and O–H groups in total. The summed E-state index contributed by atoms with van der Waals surface area (Å²) in [5.41, 5.74) is 1.91. The van der Waals surface area contributed by atoms with Crippen LogP contribution in [0.15, 0.2) is 59.6 Å². The minimum atomic E-state index is -3.11. The molecule has 2 aliphatic rings. The summed E-state index contributed by atoms with van der Waals surface area (Å²) < 4.78 is 30.4. The average molecular weight is 473 g/mol. The minimum absolute atomic E-state index is 0.0722. The number of aryl methyl sites for hydroxylation is 1. The van der Waals surface area contributed by atoms with Gasteiger partial charge in [-0.15, -0.1) is 0 Å². The zero-order valence-corrected chi connectivity index (χ0v) is 19.8. The summed E-state index contributed by atoms with van der Waals surface area (Å²) in [7, 11) is -3.11. The number of aliphatic imine (C=N–C) groups is 1. The van der Waals surface area contributed by atoms with Crippen molar-refractivity contribution in [2.75, 3.05) is 23.0 Å². The number of nitrogens with zero attached hydrogens (tertiary/aromatic N) is 2. The lowest BCUT2D eigenvalue weighted by atomic mass is 10.1. The number of rotatable bonds is 8. The third kappa shape index (κ3) is 5.53. The number of ether oxygens (including phenoxy) is 1. The summed E-state index contributed by atoms with van der Waals surface area (Å²) in [5.74, 6) is 0.727. The van der Waals surface area contributed by atoms with E-state index in [2.05, 4.69) is 11.9 Å². The molecule has 0 saturated carbocycles. The Morgan fingerprint density at radius 2 is 1.97 bits per heavy atom. The van der Waals surface area contributed by atoms with Crippen LogP contribution in [-0.4, -0.2) is 48.9 Å². The highest BCUT2D eigenvalue weighted by Gasteiger charge is 2.49. The first-order valence-corrected chi connectivity index (χ1v) is 13.7. The first-order chi connectivity index (χ1) is 15.4. The topological polar surface area (TPSA) is 76.0 Å². The Morgan fingerprint density at radius 3 is 2.75 bits per heavy atom. The van der Waals surface area contributed by atoms with Gasteiger partial charge in [0.1, 0.15) is 5.75 Å². The van der Waals surface area contributed by atoms with Crippen LogP contribution < -0.4 is 9.64 Å². The molecule has 1 amide bonds. The van der Waals surface area contributed by atoms with Crippen LogP contribution in [0, 0.1) is 0 Å². The van der Waals surface area contributed by atoms with Gasteiger partial charge in [-0.3, -0.25) is 4.79 Å². The minimum Gasteiger partial charge on any atom is -0.494 e. The van der Waals surface area contributed by atoms with Gasteiger partial charge in [-0.05, 0) is 30.5 Å². The molecule has 2 aliphatic heterocycles. The molecule has 170 valence electrons. The van der Waals surface area contributed by atoms with E-state index < -0.39 is 9.84 Å². The number of thioether (sulfide) groups is 1. The quantitative estimate of drug-likeness (QED) is 0.539. The van der Waals surface area contributed by atoms with Crippen LogP contribution in [0.3, 0.4) is 0 Å². The van der Waals surface area contributed by atoms with Crippen LogP contribution >= 0.6 is 11.8 Å². The van der Waals surface area contributed by atoms with Gasteiger partial charge in [0.25, 0.3) is 0 Å². The van der Waals surface area contributed by atoms with E-state index in [-0.39, 0.29) is 28.7 Å². The molecule has 2 aromatic carbocycles. The highest BCUT2D eigenvalue weighted by molar-refractivity contribution is 8.16. The molecule has 8 heteroatoms. The van der Waals surface area contributed by atoms with Crippen molar-refractivity contribution in [3.05, 3.63) is 60.2 Å². The largest absolute Gasteiger partial charge is 0.494 e. The first-order valence-electron chi connectivity index (χ1n) is 11.0. The molecule has 2 aromatic rings. The Balaban J connectivity index is 1.55. The van der Waals surface area contributed by atoms with Gasteiger partial charge in [0.05, 0.1) is 24.2 Å². The molecule has 32 heavy (non-hydrogen) atoms. The molecule has 2 saturated heterocycles. The van der Waals surface area contributed by atoms with Crippen molar-refractivity contribution in [2.45, 2.75) is 43.9 Å². The lowest BCUT2D eigenvalue weighted by molar-refractivity contribution is -0.117. The van der Waals surface area contributed by atoms with E-state index in [1.807, 2.05) is 59.5 Å². The zero-order valence-electron chi connectivity index (χ0n) is 18.1. The molecule has 2 atom stereocenters. The number of anilines is 1. The number of fused-ring (bicyclic) bond motifs is 1. The molecule has 4 rings (SSSR count). The van der Waals surface area contributed by atoms with Crippen molar-refractivity contribution < 1.29 is 17.9 Å². The summed E-state index contributed by atoms with van der Waals surface area (Å²) in [6, 6.07) is 17.3. The summed E-state index contributed by atoms with van der Waals surface area (Å²) >= 11 is 1.40. The Hall–Kier alpha value is -2.32. The van der Waals surface area contributed by atoms with Crippen molar-refractivity contribution in [3.63, 3.8) is 0 Å². The van der Waals surface area contributed by atoms with Crippen LogP contribution in [0.25, 0.3) is 0 Å². The average Bonchev–Trinajstić information content (AvgIpc) is 3.24. The highest BCUT2D eigenvalue weighted by Crippen LogP contribution is 2.41. The number of carbonyl (C=O) groups excluding carboxylic acids is 1. The lowest BCUT2D eigenvalue weighted by Gasteiger charge is -2.25. The van der Waals surface area contributed by atoms with Gasteiger partial charge in [-0.1, -0.05) is 61.5 Å². The van der Waals surface area contributed by atoms with E-state index in [0.717, 1.165) is 29.8 Å². The van der Waals surface area contributed by atoms with E-state index in [9.17, 15) is 13.2 Å². The number of unbranched alkanes of at least 4 members (excludes halogenated alkanes) is 1. The zero-order chi connectivity index (χ0) is 22.6. The SMILES string of the molecule is CCCCOc1cccc(N2C(=NC(=O)CCc3ccccc3)S[C@H]3CS(=O)(=O)C[C@H]32)c1. The number of carbonyl (C=O) groups is 1. The van der Waals surface area contributed by atoms with E-state index in [4.69, 9.17) is 4.74 Å². The molecule has 0 spiro atoms. The molecule has 0 aromatic heterocycles. The van der Waals surface area contributed by atoms with Gasteiger partial charge in [0, 0.05) is 23.4 Å². The van der Waals surface area contributed by atoms with Gasteiger partial charge >= 0.3 is 0 Å². The molecule has 0 radical (unpaired) electrons. The van der Waals surface area contributed by atoms with Crippen molar-refractivity contribution in [2.24, 2.45) is 4.99 Å². The number of amidine groups is 1. The number of benzene rings is 2. The predicted octanol–water partition coefficient (Wildman–Crippen LogP) is 4.10. The molecule has 0 aliphatic carbocycles. The van der Waals surface area contributed by atoms with E-state index >= 15 is 0 Å². The fraction of sp³-hybridized carbons (Fsp3) is 0.417. The summed E-state index contributed by atoms with van der Waals surface area (Å²) in [5, 5.41) is 0.462. The number of hydrogen-bond acceptors (Lipinski definition) is 5. The summed E-state index contributed by atoms with van der Waals surface area (Å²) in [6.07, 6.45) is 2.96. The maximum absolute atomic E-state index is 12.7. The lowest BCUT2D eigenvalue weighted by Crippen LogP contribution is -2.37. The Morgan fingerprint density at radius 1 is 1.16 bits per heavy atom. The molecule has 2 fully saturated rings. The number of amides is 1. The maximum atomic E-state index is 12.7. The smallest absolute Gasteiger partial charge is 0.248 e. The molecule has 0 bridgehead atoms. The van der Waals surface area contributed by atoms with E-state index in [0.29, 0.717) is 24.6 Å².